The van der Waals surface area contributed by atoms with Gasteiger partial charge in [-0.25, -0.2) is 0 Å². The van der Waals surface area contributed by atoms with Gasteiger partial charge in [0.25, 0.3) is 0 Å². The average Bonchev–Trinajstić information content (AvgIpc) is 3.12. The van der Waals surface area contributed by atoms with Crippen molar-refractivity contribution in [3.05, 3.63) is 180 Å². The molecule has 0 atom stereocenters. The first-order valence-electron chi connectivity index (χ1n) is 16.7. The topological polar surface area (TPSA) is 29.0 Å². The monoisotopic (exact) mass is 617 g/mol. The maximum absolute atomic E-state index is 5.20. The van der Waals surface area contributed by atoms with Crippen LogP contribution in [0.2, 0.25) is 0 Å². The molecular formula is C44H36BN3. The highest BCUT2D eigenvalue weighted by atomic mass is 15.1. The Hall–Kier alpha value is -5.74. The van der Waals surface area contributed by atoms with Crippen molar-refractivity contribution < 1.29 is 0 Å². The molecule has 48 heavy (non-hydrogen) atoms. The van der Waals surface area contributed by atoms with Crippen molar-refractivity contribution in [3.63, 3.8) is 0 Å². The molecule has 0 N–H and O–H groups in total. The summed E-state index contributed by atoms with van der Waals surface area (Å²) in [6.45, 7) is 6.80. The van der Waals surface area contributed by atoms with Crippen molar-refractivity contribution in [1.82, 2.24) is 9.97 Å². The first-order valence-corrected chi connectivity index (χ1v) is 16.7. The molecule has 4 heteroatoms. The highest BCUT2D eigenvalue weighted by Gasteiger charge is 2.36. The molecule has 2 aromatic heterocycles. The number of anilines is 3. The SMILES string of the molecule is Cc1cc(C)c(B2c3ccccc3N(c3ccccc3)c3ccc(-c4cccc(Cc5cccc(-c6ccccc6)n5)n4)cc32)c(C)c1. The molecule has 1 aliphatic rings. The number of benzene rings is 5. The smallest absolute Gasteiger partial charge is 0.247 e. The van der Waals surface area contributed by atoms with E-state index < -0.39 is 0 Å². The lowest BCUT2D eigenvalue weighted by Crippen LogP contribution is -2.58. The van der Waals surface area contributed by atoms with E-state index >= 15 is 0 Å². The van der Waals surface area contributed by atoms with Crippen LogP contribution in [0.3, 0.4) is 0 Å². The third-order valence-electron chi connectivity index (χ3n) is 9.45. The highest BCUT2D eigenvalue weighted by molar-refractivity contribution is 6.98. The standard InChI is InChI=1S/C44H36BN3/c1-30-26-31(2)44(32(3)27-30)45-38-20-10-11-23-42(38)48(37-18-8-5-9-19-37)43-25-24-34(28-39(43)45)41-22-13-17-36(47-41)29-35-16-12-21-40(46-35)33-14-6-4-7-15-33/h4-28H,29H2,1-3H3. The molecule has 7 aromatic rings. The van der Waals surface area contributed by atoms with E-state index in [1.807, 2.05) is 6.07 Å². The fourth-order valence-corrected chi connectivity index (χ4v) is 7.47. The van der Waals surface area contributed by atoms with Crippen LogP contribution in [0.4, 0.5) is 17.1 Å². The minimum Gasteiger partial charge on any atom is -0.312 e. The summed E-state index contributed by atoms with van der Waals surface area (Å²) >= 11 is 0. The molecule has 3 heterocycles. The van der Waals surface area contributed by atoms with Crippen molar-refractivity contribution in [1.29, 1.82) is 0 Å². The normalized spacial score (nSPS) is 12.1. The van der Waals surface area contributed by atoms with E-state index in [0.717, 1.165) is 39.6 Å². The molecule has 1 aliphatic heterocycles. The van der Waals surface area contributed by atoms with E-state index in [4.69, 9.17) is 9.97 Å². The fourth-order valence-electron chi connectivity index (χ4n) is 7.47. The zero-order chi connectivity index (χ0) is 32.6. The molecule has 0 radical (unpaired) electrons. The van der Waals surface area contributed by atoms with E-state index in [2.05, 4.69) is 171 Å². The van der Waals surface area contributed by atoms with Gasteiger partial charge in [0.05, 0.1) is 11.4 Å². The number of rotatable bonds is 6. The Morgan fingerprint density at radius 1 is 0.500 bits per heavy atom. The van der Waals surface area contributed by atoms with E-state index in [1.165, 1.54) is 44.5 Å². The zero-order valence-electron chi connectivity index (χ0n) is 27.6. The van der Waals surface area contributed by atoms with Crippen LogP contribution in [0, 0.1) is 20.8 Å². The Labute approximate surface area is 283 Å². The van der Waals surface area contributed by atoms with Crippen molar-refractivity contribution in [3.8, 4) is 22.5 Å². The van der Waals surface area contributed by atoms with Gasteiger partial charge in [0.15, 0.2) is 0 Å². The summed E-state index contributed by atoms with van der Waals surface area (Å²) in [5, 5.41) is 0. The van der Waals surface area contributed by atoms with Gasteiger partial charge >= 0.3 is 0 Å². The summed E-state index contributed by atoms with van der Waals surface area (Å²) in [6, 6.07) is 54.1. The maximum Gasteiger partial charge on any atom is 0.247 e. The largest absolute Gasteiger partial charge is 0.312 e. The van der Waals surface area contributed by atoms with Crippen molar-refractivity contribution in [2.24, 2.45) is 0 Å². The summed E-state index contributed by atoms with van der Waals surface area (Å²) in [4.78, 5) is 12.6. The number of para-hydroxylation sites is 2. The van der Waals surface area contributed by atoms with Crippen LogP contribution in [0.25, 0.3) is 22.5 Å². The molecule has 0 amide bonds. The minimum atomic E-state index is 0.0878. The van der Waals surface area contributed by atoms with Crippen LogP contribution in [-0.2, 0) is 6.42 Å². The van der Waals surface area contributed by atoms with Crippen LogP contribution in [0.5, 0.6) is 0 Å². The summed E-state index contributed by atoms with van der Waals surface area (Å²) in [5.41, 5.74) is 17.7. The lowest BCUT2D eigenvalue weighted by molar-refractivity contribution is 1.02. The number of pyridine rings is 2. The minimum absolute atomic E-state index is 0.0878. The highest BCUT2D eigenvalue weighted by Crippen LogP contribution is 2.37. The Morgan fingerprint density at radius 3 is 1.77 bits per heavy atom. The van der Waals surface area contributed by atoms with Crippen LogP contribution < -0.4 is 21.3 Å². The van der Waals surface area contributed by atoms with Crippen LogP contribution in [-0.4, -0.2) is 16.7 Å². The molecule has 0 fully saturated rings. The first kappa shape index (κ1) is 29.7. The van der Waals surface area contributed by atoms with E-state index in [0.29, 0.717) is 6.42 Å². The molecule has 8 rings (SSSR count). The van der Waals surface area contributed by atoms with Crippen molar-refractivity contribution in [2.45, 2.75) is 27.2 Å². The molecule has 3 nitrogen and oxygen atoms in total. The predicted molar refractivity (Wildman–Crippen MR) is 202 cm³/mol. The van der Waals surface area contributed by atoms with Gasteiger partial charge in [-0.3, -0.25) is 9.97 Å². The second kappa shape index (κ2) is 12.5. The molecule has 0 bridgehead atoms. The number of fused-ring (bicyclic) bond motifs is 2. The number of hydrogen-bond donors (Lipinski definition) is 0. The van der Waals surface area contributed by atoms with E-state index in [-0.39, 0.29) is 6.71 Å². The van der Waals surface area contributed by atoms with Gasteiger partial charge in [-0.05, 0) is 85.8 Å². The summed E-state index contributed by atoms with van der Waals surface area (Å²) in [5.74, 6) is 0. The number of aryl methyl sites for hydroxylation is 3. The maximum atomic E-state index is 5.20. The number of nitrogens with zero attached hydrogens (tertiary/aromatic N) is 3. The summed E-state index contributed by atoms with van der Waals surface area (Å²) in [7, 11) is 0. The van der Waals surface area contributed by atoms with Gasteiger partial charge in [-0.2, -0.15) is 0 Å². The molecule has 5 aromatic carbocycles. The Balaban J connectivity index is 1.24. The van der Waals surface area contributed by atoms with Crippen LogP contribution in [0.15, 0.2) is 152 Å². The van der Waals surface area contributed by atoms with Gasteiger partial charge in [0.2, 0.25) is 6.71 Å². The summed E-state index contributed by atoms with van der Waals surface area (Å²) < 4.78 is 0. The summed E-state index contributed by atoms with van der Waals surface area (Å²) in [6.07, 6.45) is 0.666. The predicted octanol–water partition coefficient (Wildman–Crippen LogP) is 8.63. The second-order valence-corrected chi connectivity index (χ2v) is 12.8. The molecule has 0 saturated heterocycles. The van der Waals surface area contributed by atoms with Gasteiger partial charge < -0.3 is 4.90 Å². The average molecular weight is 618 g/mol. The first-order chi connectivity index (χ1) is 23.5. The third-order valence-corrected chi connectivity index (χ3v) is 9.45. The third kappa shape index (κ3) is 5.50. The van der Waals surface area contributed by atoms with Crippen molar-refractivity contribution >= 4 is 40.2 Å². The fraction of sp³-hybridized carbons (Fsp3) is 0.0909. The zero-order valence-corrected chi connectivity index (χ0v) is 27.6. The Kier molecular flexibility index (Phi) is 7.70. The van der Waals surface area contributed by atoms with Crippen molar-refractivity contribution in [2.75, 3.05) is 4.90 Å². The van der Waals surface area contributed by atoms with Gasteiger partial charge in [0.1, 0.15) is 0 Å². The van der Waals surface area contributed by atoms with Gasteiger partial charge in [-0.15, -0.1) is 0 Å². The quantitative estimate of drug-likeness (QED) is 0.175. The lowest BCUT2D eigenvalue weighted by Gasteiger charge is -2.38. The van der Waals surface area contributed by atoms with E-state index in [9.17, 15) is 0 Å². The van der Waals surface area contributed by atoms with Gasteiger partial charge in [0, 0.05) is 40.4 Å². The van der Waals surface area contributed by atoms with Crippen LogP contribution >= 0.6 is 0 Å². The molecule has 0 saturated carbocycles. The lowest BCUT2D eigenvalue weighted by atomic mass is 9.33. The molecule has 0 aliphatic carbocycles. The number of hydrogen-bond acceptors (Lipinski definition) is 3. The Bertz CT molecular complexity index is 2240. The molecule has 230 valence electrons. The van der Waals surface area contributed by atoms with Crippen LogP contribution in [0.1, 0.15) is 28.1 Å². The molecule has 0 spiro atoms. The second-order valence-electron chi connectivity index (χ2n) is 12.8. The number of aromatic nitrogens is 2. The Morgan fingerprint density at radius 2 is 1.08 bits per heavy atom. The van der Waals surface area contributed by atoms with Gasteiger partial charge in [-0.1, -0.05) is 125 Å². The van der Waals surface area contributed by atoms with E-state index in [1.54, 1.807) is 0 Å². The molecular weight excluding hydrogens is 581 g/mol. The molecule has 0 unspecified atom stereocenters.